The third-order valence-corrected chi connectivity index (χ3v) is 2.97. The zero-order valence-corrected chi connectivity index (χ0v) is 10.5. The van der Waals surface area contributed by atoms with Crippen molar-refractivity contribution in [2.75, 3.05) is 0 Å². The standard InChI is InChI=1S/C14H11FN2O2/c1-8-9(2)18-13-12(8)14(17-7-16-13)19-11-6-4-3-5-10(11)15/h3-7H,1-2H3. The molecular weight excluding hydrogens is 247 g/mol. The van der Waals surface area contributed by atoms with Crippen LogP contribution in [-0.2, 0) is 0 Å². The lowest BCUT2D eigenvalue weighted by Crippen LogP contribution is -1.92. The van der Waals surface area contributed by atoms with E-state index in [1.54, 1.807) is 18.2 Å². The van der Waals surface area contributed by atoms with Gasteiger partial charge in [0.1, 0.15) is 17.5 Å². The largest absolute Gasteiger partial charge is 0.443 e. The van der Waals surface area contributed by atoms with Gasteiger partial charge >= 0.3 is 0 Å². The lowest BCUT2D eigenvalue weighted by Gasteiger charge is -2.06. The highest BCUT2D eigenvalue weighted by molar-refractivity contribution is 5.83. The maximum absolute atomic E-state index is 13.6. The molecule has 1 aromatic carbocycles. The van der Waals surface area contributed by atoms with Crippen molar-refractivity contribution >= 4 is 11.1 Å². The third-order valence-electron chi connectivity index (χ3n) is 2.97. The maximum Gasteiger partial charge on any atom is 0.234 e. The van der Waals surface area contributed by atoms with Crippen molar-refractivity contribution in [3.63, 3.8) is 0 Å². The summed E-state index contributed by atoms with van der Waals surface area (Å²) in [6.07, 6.45) is 1.33. The molecule has 3 rings (SSSR count). The second-order valence-corrected chi connectivity index (χ2v) is 4.17. The summed E-state index contributed by atoms with van der Waals surface area (Å²) in [7, 11) is 0. The molecule has 3 aromatic rings. The number of fused-ring (bicyclic) bond motifs is 1. The Morgan fingerprint density at radius 1 is 1.16 bits per heavy atom. The van der Waals surface area contributed by atoms with Gasteiger partial charge in [-0.25, -0.2) is 14.4 Å². The van der Waals surface area contributed by atoms with Crippen molar-refractivity contribution in [2.24, 2.45) is 0 Å². The van der Waals surface area contributed by atoms with Crippen molar-refractivity contribution in [3.8, 4) is 11.6 Å². The van der Waals surface area contributed by atoms with Crippen molar-refractivity contribution in [1.29, 1.82) is 0 Å². The Bertz CT molecular complexity index is 752. The lowest BCUT2D eigenvalue weighted by atomic mass is 10.2. The average molecular weight is 258 g/mol. The number of aryl methyl sites for hydroxylation is 2. The van der Waals surface area contributed by atoms with Crippen LogP contribution in [0, 0.1) is 19.7 Å². The van der Waals surface area contributed by atoms with Crippen molar-refractivity contribution in [2.45, 2.75) is 13.8 Å². The molecule has 0 N–H and O–H groups in total. The Labute approximate surface area is 108 Å². The Morgan fingerprint density at radius 3 is 2.74 bits per heavy atom. The molecular formula is C14H11FN2O2. The Hall–Kier alpha value is -2.43. The number of halogens is 1. The number of nitrogens with zero attached hydrogens (tertiary/aromatic N) is 2. The second-order valence-electron chi connectivity index (χ2n) is 4.17. The molecule has 0 atom stereocenters. The molecule has 96 valence electrons. The number of hydrogen-bond donors (Lipinski definition) is 0. The second kappa shape index (κ2) is 4.35. The van der Waals surface area contributed by atoms with E-state index in [0.29, 0.717) is 17.0 Å². The van der Waals surface area contributed by atoms with E-state index in [4.69, 9.17) is 9.15 Å². The highest BCUT2D eigenvalue weighted by Gasteiger charge is 2.16. The van der Waals surface area contributed by atoms with Gasteiger partial charge in [0.05, 0.1) is 0 Å². The fourth-order valence-electron chi connectivity index (χ4n) is 1.86. The van der Waals surface area contributed by atoms with Crippen LogP contribution in [0.1, 0.15) is 11.3 Å². The Morgan fingerprint density at radius 2 is 1.95 bits per heavy atom. The number of rotatable bonds is 2. The third kappa shape index (κ3) is 1.93. The first-order chi connectivity index (χ1) is 9.16. The van der Waals surface area contributed by atoms with Crippen LogP contribution < -0.4 is 4.74 Å². The van der Waals surface area contributed by atoms with Crippen molar-refractivity contribution in [3.05, 3.63) is 47.7 Å². The number of aromatic nitrogens is 2. The SMILES string of the molecule is Cc1oc2ncnc(Oc3ccccc3F)c2c1C. The van der Waals surface area contributed by atoms with Crippen molar-refractivity contribution < 1.29 is 13.5 Å². The van der Waals surface area contributed by atoms with Gasteiger partial charge < -0.3 is 9.15 Å². The van der Waals surface area contributed by atoms with Crippen LogP contribution in [0.5, 0.6) is 11.6 Å². The van der Waals surface area contributed by atoms with Gasteiger partial charge in [-0.2, -0.15) is 0 Å². The molecule has 0 saturated carbocycles. The summed E-state index contributed by atoms with van der Waals surface area (Å²) in [5, 5.41) is 0.670. The first kappa shape index (κ1) is 11.6. The number of para-hydroxylation sites is 1. The predicted octanol–water partition coefficient (Wildman–Crippen LogP) is 3.77. The summed E-state index contributed by atoms with van der Waals surface area (Å²) in [4.78, 5) is 8.09. The number of ether oxygens (including phenoxy) is 1. The van der Waals surface area contributed by atoms with Crippen LogP contribution in [-0.4, -0.2) is 9.97 Å². The van der Waals surface area contributed by atoms with Gasteiger partial charge in [0, 0.05) is 5.56 Å². The monoisotopic (exact) mass is 258 g/mol. The molecule has 0 unspecified atom stereocenters. The van der Waals surface area contributed by atoms with Gasteiger partial charge in [-0.05, 0) is 26.0 Å². The Balaban J connectivity index is 2.13. The zero-order chi connectivity index (χ0) is 13.4. The summed E-state index contributed by atoms with van der Waals surface area (Å²) < 4.78 is 24.6. The van der Waals surface area contributed by atoms with Crippen LogP contribution in [0.3, 0.4) is 0 Å². The molecule has 4 nitrogen and oxygen atoms in total. The van der Waals surface area contributed by atoms with E-state index in [1.165, 1.54) is 12.4 Å². The first-order valence-electron chi connectivity index (χ1n) is 5.80. The Kier molecular flexibility index (Phi) is 2.67. The molecule has 0 radical (unpaired) electrons. The number of hydrogen-bond acceptors (Lipinski definition) is 4. The molecule has 0 fully saturated rings. The molecule has 0 aliphatic carbocycles. The van der Waals surface area contributed by atoms with E-state index in [0.717, 1.165) is 11.3 Å². The molecule has 0 aliphatic heterocycles. The normalized spacial score (nSPS) is 10.9. The highest BCUT2D eigenvalue weighted by atomic mass is 19.1. The zero-order valence-electron chi connectivity index (χ0n) is 10.5. The van der Waals surface area contributed by atoms with Crippen LogP contribution in [0.25, 0.3) is 11.1 Å². The van der Waals surface area contributed by atoms with Crippen LogP contribution in [0.2, 0.25) is 0 Å². The molecule has 2 aromatic heterocycles. The summed E-state index contributed by atoms with van der Waals surface area (Å²) >= 11 is 0. The molecule has 0 spiro atoms. The fourth-order valence-corrected chi connectivity index (χ4v) is 1.86. The van der Waals surface area contributed by atoms with Gasteiger partial charge in [0.2, 0.25) is 11.6 Å². The molecule has 5 heteroatoms. The minimum absolute atomic E-state index is 0.126. The predicted molar refractivity (Wildman–Crippen MR) is 67.8 cm³/mol. The van der Waals surface area contributed by atoms with Gasteiger partial charge in [-0.15, -0.1) is 0 Å². The van der Waals surface area contributed by atoms with Gasteiger partial charge in [-0.1, -0.05) is 12.1 Å². The summed E-state index contributed by atoms with van der Waals surface area (Å²) in [6.45, 7) is 3.72. The number of benzene rings is 1. The molecule has 0 aliphatic rings. The van der Waals surface area contributed by atoms with E-state index in [9.17, 15) is 4.39 Å². The molecule has 0 amide bonds. The lowest BCUT2D eigenvalue weighted by molar-refractivity contribution is 0.431. The number of furan rings is 1. The highest BCUT2D eigenvalue weighted by Crippen LogP contribution is 2.32. The molecule has 0 bridgehead atoms. The van der Waals surface area contributed by atoms with E-state index in [2.05, 4.69) is 9.97 Å². The van der Waals surface area contributed by atoms with Gasteiger partial charge in [-0.3, -0.25) is 0 Å². The summed E-state index contributed by atoms with van der Waals surface area (Å²) in [6, 6.07) is 6.18. The molecule has 19 heavy (non-hydrogen) atoms. The van der Waals surface area contributed by atoms with Gasteiger partial charge in [0.25, 0.3) is 0 Å². The van der Waals surface area contributed by atoms with E-state index in [-0.39, 0.29) is 5.75 Å². The van der Waals surface area contributed by atoms with Crippen LogP contribution in [0.15, 0.2) is 35.0 Å². The smallest absolute Gasteiger partial charge is 0.234 e. The minimum Gasteiger partial charge on any atom is -0.443 e. The molecule has 0 saturated heterocycles. The summed E-state index contributed by atoms with van der Waals surface area (Å²) in [5.74, 6) is 0.728. The quantitative estimate of drug-likeness (QED) is 0.702. The fraction of sp³-hybridized carbons (Fsp3) is 0.143. The van der Waals surface area contributed by atoms with Crippen molar-refractivity contribution in [1.82, 2.24) is 9.97 Å². The van der Waals surface area contributed by atoms with Crippen LogP contribution >= 0.6 is 0 Å². The van der Waals surface area contributed by atoms with E-state index in [1.807, 2.05) is 13.8 Å². The maximum atomic E-state index is 13.6. The minimum atomic E-state index is -0.438. The average Bonchev–Trinajstić information content (AvgIpc) is 2.69. The first-order valence-corrected chi connectivity index (χ1v) is 5.80. The summed E-state index contributed by atoms with van der Waals surface area (Å²) in [5.41, 5.74) is 1.33. The molecule has 2 heterocycles. The topological polar surface area (TPSA) is 48.2 Å². The van der Waals surface area contributed by atoms with Gasteiger partial charge in [0.15, 0.2) is 11.6 Å². The van der Waals surface area contributed by atoms with E-state index >= 15 is 0 Å². The van der Waals surface area contributed by atoms with Crippen LogP contribution in [0.4, 0.5) is 4.39 Å². The van der Waals surface area contributed by atoms with E-state index < -0.39 is 5.82 Å².